The zero-order valence-corrected chi connectivity index (χ0v) is 13.6. The van der Waals surface area contributed by atoms with Crippen LogP contribution in [0.25, 0.3) is 0 Å². The molecule has 0 bridgehead atoms. The Morgan fingerprint density at radius 2 is 1.68 bits per heavy atom. The van der Waals surface area contributed by atoms with Crippen molar-refractivity contribution in [2.45, 2.75) is 6.42 Å². The second kappa shape index (κ2) is 7.97. The summed E-state index contributed by atoms with van der Waals surface area (Å²) in [6, 6.07) is 21.9. The van der Waals surface area contributed by atoms with Crippen LogP contribution in [0.2, 0.25) is 0 Å². The lowest BCUT2D eigenvalue weighted by molar-refractivity contribution is 0.0984. The Bertz CT molecular complexity index is 917. The maximum Gasteiger partial charge on any atom is 0.282 e. The summed E-state index contributed by atoms with van der Waals surface area (Å²) in [6.07, 6.45) is 2.16. The SMILES string of the molecule is O=C(N=c1ccccn1O)c1ccccc1OCCc1ccccc1. The van der Waals surface area contributed by atoms with Crippen molar-refractivity contribution in [3.8, 4) is 5.75 Å². The molecule has 2 aromatic carbocycles. The van der Waals surface area contributed by atoms with Gasteiger partial charge in [-0.1, -0.05) is 48.5 Å². The fourth-order valence-electron chi connectivity index (χ4n) is 2.37. The predicted molar refractivity (Wildman–Crippen MR) is 93.6 cm³/mol. The number of rotatable bonds is 5. The smallest absolute Gasteiger partial charge is 0.282 e. The van der Waals surface area contributed by atoms with Crippen molar-refractivity contribution < 1.29 is 14.7 Å². The van der Waals surface area contributed by atoms with Gasteiger partial charge in [-0.05, 0) is 29.8 Å². The summed E-state index contributed by atoms with van der Waals surface area (Å²) in [6.45, 7) is 0.458. The van der Waals surface area contributed by atoms with Crippen LogP contribution < -0.4 is 10.2 Å². The van der Waals surface area contributed by atoms with Crippen molar-refractivity contribution in [3.63, 3.8) is 0 Å². The Hall–Kier alpha value is -3.34. The molecule has 3 rings (SSSR count). The number of carbonyl (C=O) groups is 1. The topological polar surface area (TPSA) is 63.8 Å². The number of nitrogens with zero attached hydrogens (tertiary/aromatic N) is 2. The van der Waals surface area contributed by atoms with E-state index in [0.717, 1.165) is 11.2 Å². The third-order valence-electron chi connectivity index (χ3n) is 3.64. The van der Waals surface area contributed by atoms with Gasteiger partial charge in [-0.25, -0.2) is 0 Å². The van der Waals surface area contributed by atoms with Gasteiger partial charge in [0.1, 0.15) is 5.75 Å². The number of carbonyl (C=O) groups excluding carboxylic acids is 1. The van der Waals surface area contributed by atoms with Gasteiger partial charge < -0.3 is 9.94 Å². The Morgan fingerprint density at radius 3 is 2.48 bits per heavy atom. The van der Waals surface area contributed by atoms with Crippen LogP contribution in [0.15, 0.2) is 84.0 Å². The average Bonchev–Trinajstić information content (AvgIpc) is 2.65. The third-order valence-corrected chi connectivity index (χ3v) is 3.64. The first-order valence-electron chi connectivity index (χ1n) is 7.96. The fourth-order valence-corrected chi connectivity index (χ4v) is 2.37. The van der Waals surface area contributed by atoms with Crippen LogP contribution in [0.1, 0.15) is 15.9 Å². The van der Waals surface area contributed by atoms with E-state index in [9.17, 15) is 10.0 Å². The molecule has 0 radical (unpaired) electrons. The molecule has 5 heteroatoms. The zero-order chi connectivity index (χ0) is 17.5. The van der Waals surface area contributed by atoms with Gasteiger partial charge in [-0.2, -0.15) is 9.72 Å². The fraction of sp³-hybridized carbons (Fsp3) is 0.100. The van der Waals surface area contributed by atoms with E-state index < -0.39 is 5.91 Å². The minimum Gasteiger partial charge on any atom is -0.492 e. The maximum absolute atomic E-state index is 12.4. The summed E-state index contributed by atoms with van der Waals surface area (Å²) in [7, 11) is 0. The van der Waals surface area contributed by atoms with Gasteiger partial charge >= 0.3 is 0 Å². The van der Waals surface area contributed by atoms with Crippen LogP contribution in [0.5, 0.6) is 5.75 Å². The summed E-state index contributed by atoms with van der Waals surface area (Å²) in [5, 5.41) is 9.68. The summed E-state index contributed by atoms with van der Waals surface area (Å²) < 4.78 is 6.58. The van der Waals surface area contributed by atoms with Gasteiger partial charge in [0.05, 0.1) is 12.2 Å². The molecule has 1 heterocycles. The van der Waals surface area contributed by atoms with Crippen LogP contribution >= 0.6 is 0 Å². The molecule has 0 saturated heterocycles. The predicted octanol–water partition coefficient (Wildman–Crippen LogP) is 3.09. The number of hydrogen-bond acceptors (Lipinski definition) is 3. The minimum atomic E-state index is -0.468. The van der Waals surface area contributed by atoms with E-state index in [0.29, 0.717) is 17.9 Å². The molecule has 3 aromatic rings. The van der Waals surface area contributed by atoms with E-state index in [1.54, 1.807) is 36.4 Å². The lowest BCUT2D eigenvalue weighted by Gasteiger charge is -2.09. The highest BCUT2D eigenvalue weighted by Gasteiger charge is 2.11. The molecule has 25 heavy (non-hydrogen) atoms. The van der Waals surface area contributed by atoms with Crippen LogP contribution in [0, 0.1) is 0 Å². The normalized spacial score (nSPS) is 11.3. The van der Waals surface area contributed by atoms with Gasteiger partial charge in [0.25, 0.3) is 5.91 Å². The van der Waals surface area contributed by atoms with Crippen LogP contribution in [-0.4, -0.2) is 22.5 Å². The Labute approximate surface area is 145 Å². The number of hydrogen-bond donors (Lipinski definition) is 1. The van der Waals surface area contributed by atoms with E-state index in [1.807, 2.05) is 36.4 Å². The average molecular weight is 334 g/mol. The summed E-state index contributed by atoms with van der Waals surface area (Å²) in [5.41, 5.74) is 1.69. The monoisotopic (exact) mass is 334 g/mol. The van der Waals surface area contributed by atoms with Crippen molar-refractivity contribution >= 4 is 5.91 Å². The molecular formula is C20H18N2O3. The molecule has 0 aliphatic heterocycles. The van der Waals surface area contributed by atoms with E-state index >= 15 is 0 Å². The van der Waals surface area contributed by atoms with E-state index in [1.165, 1.54) is 11.8 Å². The van der Waals surface area contributed by atoms with E-state index in [-0.39, 0.29) is 5.49 Å². The van der Waals surface area contributed by atoms with Gasteiger partial charge in [0.2, 0.25) is 0 Å². The lowest BCUT2D eigenvalue weighted by Crippen LogP contribution is -2.19. The molecule has 0 fully saturated rings. The number of ether oxygens (including phenoxy) is 1. The van der Waals surface area contributed by atoms with E-state index in [4.69, 9.17) is 4.74 Å². The number of amides is 1. The van der Waals surface area contributed by atoms with Gasteiger partial charge in [-0.15, -0.1) is 0 Å². The van der Waals surface area contributed by atoms with Crippen molar-refractivity contribution in [1.29, 1.82) is 0 Å². The Kier molecular flexibility index (Phi) is 5.26. The second-order valence-electron chi connectivity index (χ2n) is 5.40. The highest BCUT2D eigenvalue weighted by molar-refractivity contribution is 5.97. The second-order valence-corrected chi connectivity index (χ2v) is 5.40. The molecule has 5 nitrogen and oxygen atoms in total. The first-order chi connectivity index (χ1) is 12.2. The van der Waals surface area contributed by atoms with Crippen molar-refractivity contribution in [1.82, 2.24) is 4.73 Å². The summed E-state index contributed by atoms with van der Waals surface area (Å²) >= 11 is 0. The Morgan fingerprint density at radius 1 is 0.960 bits per heavy atom. The molecule has 1 aromatic heterocycles. The highest BCUT2D eigenvalue weighted by Crippen LogP contribution is 2.19. The van der Waals surface area contributed by atoms with Crippen molar-refractivity contribution in [2.75, 3.05) is 6.61 Å². The van der Waals surface area contributed by atoms with Crippen molar-refractivity contribution in [2.24, 2.45) is 4.99 Å². The van der Waals surface area contributed by atoms with Crippen molar-refractivity contribution in [3.05, 3.63) is 95.6 Å². The molecule has 126 valence electrons. The van der Waals surface area contributed by atoms with Gasteiger partial charge in [0.15, 0.2) is 5.49 Å². The molecule has 0 unspecified atom stereocenters. The molecule has 0 aliphatic carbocycles. The first kappa shape index (κ1) is 16.5. The number of benzene rings is 2. The van der Waals surface area contributed by atoms with E-state index in [2.05, 4.69) is 4.99 Å². The van der Waals surface area contributed by atoms with Gasteiger partial charge in [-0.3, -0.25) is 4.79 Å². The molecule has 0 atom stereocenters. The molecular weight excluding hydrogens is 316 g/mol. The highest BCUT2D eigenvalue weighted by atomic mass is 16.5. The maximum atomic E-state index is 12.4. The standard InChI is InChI=1S/C20H18N2O3/c23-20(21-19-12-6-7-14-22(19)24)17-10-4-5-11-18(17)25-15-13-16-8-2-1-3-9-16/h1-12,14,24H,13,15H2. The molecule has 1 amide bonds. The molecule has 0 saturated carbocycles. The van der Waals surface area contributed by atoms with Gasteiger partial charge in [0, 0.05) is 12.6 Å². The zero-order valence-electron chi connectivity index (χ0n) is 13.6. The Balaban J connectivity index is 1.75. The third kappa shape index (κ3) is 4.35. The van der Waals surface area contributed by atoms with Crippen LogP contribution in [0.3, 0.4) is 0 Å². The summed E-state index contributed by atoms with van der Waals surface area (Å²) in [5.74, 6) is 0.0110. The minimum absolute atomic E-state index is 0.159. The summed E-state index contributed by atoms with van der Waals surface area (Å²) in [4.78, 5) is 16.4. The number of para-hydroxylation sites is 1. The molecule has 0 spiro atoms. The first-order valence-corrected chi connectivity index (χ1v) is 7.96. The van der Waals surface area contributed by atoms with Crippen LogP contribution in [-0.2, 0) is 6.42 Å². The largest absolute Gasteiger partial charge is 0.492 e. The molecule has 0 aliphatic rings. The number of aromatic nitrogens is 1. The van der Waals surface area contributed by atoms with Crippen LogP contribution in [0.4, 0.5) is 0 Å². The lowest BCUT2D eigenvalue weighted by atomic mass is 10.1. The molecule has 1 N–H and O–H groups in total. The quantitative estimate of drug-likeness (QED) is 0.729. The number of pyridine rings is 1.